The first-order valence-corrected chi connectivity index (χ1v) is 7.03. The highest BCUT2D eigenvalue weighted by Crippen LogP contribution is 2.28. The van der Waals surface area contributed by atoms with Crippen LogP contribution in [0.5, 0.6) is 0 Å². The van der Waals surface area contributed by atoms with Crippen LogP contribution < -0.4 is 0 Å². The number of nitrogens with zero attached hydrogens (tertiary/aromatic N) is 1. The van der Waals surface area contributed by atoms with Gasteiger partial charge in [0.2, 0.25) is 0 Å². The van der Waals surface area contributed by atoms with Crippen LogP contribution in [-0.4, -0.2) is 25.0 Å². The lowest BCUT2D eigenvalue weighted by Gasteiger charge is -2.22. The number of benzene rings is 2. The fourth-order valence-electron chi connectivity index (χ4n) is 2.83. The predicted molar refractivity (Wildman–Crippen MR) is 83.5 cm³/mol. The van der Waals surface area contributed by atoms with E-state index in [2.05, 4.69) is 62.2 Å². The van der Waals surface area contributed by atoms with Crippen molar-refractivity contribution in [1.82, 2.24) is 4.90 Å². The summed E-state index contributed by atoms with van der Waals surface area (Å²) in [5.74, 6) is 0. The van der Waals surface area contributed by atoms with Gasteiger partial charge in [0.15, 0.2) is 0 Å². The Balaban J connectivity index is 2.05. The molecule has 0 unspecified atom stereocenters. The summed E-state index contributed by atoms with van der Waals surface area (Å²) >= 11 is 0. The van der Waals surface area contributed by atoms with E-state index in [0.717, 1.165) is 19.5 Å². The van der Waals surface area contributed by atoms with E-state index in [1.165, 1.54) is 33.0 Å². The van der Waals surface area contributed by atoms with Gasteiger partial charge in [-0.15, -0.1) is 0 Å². The van der Waals surface area contributed by atoms with Crippen molar-refractivity contribution >= 4 is 16.3 Å². The van der Waals surface area contributed by atoms with Gasteiger partial charge >= 0.3 is 0 Å². The second-order valence-corrected chi connectivity index (χ2v) is 5.68. The van der Waals surface area contributed by atoms with Crippen molar-refractivity contribution in [3.63, 3.8) is 0 Å². The molecule has 1 aliphatic heterocycles. The zero-order chi connectivity index (χ0) is 13.4. The van der Waals surface area contributed by atoms with Crippen LogP contribution in [0.2, 0.25) is 0 Å². The van der Waals surface area contributed by atoms with Gasteiger partial charge in [-0.1, -0.05) is 30.3 Å². The molecule has 3 rings (SSSR count). The monoisotopic (exact) mass is 251 g/mol. The zero-order valence-electron chi connectivity index (χ0n) is 12.0. The van der Waals surface area contributed by atoms with Crippen LogP contribution in [0.3, 0.4) is 0 Å². The van der Waals surface area contributed by atoms with Crippen LogP contribution in [0.15, 0.2) is 36.4 Å². The molecule has 0 amide bonds. The average Bonchev–Trinajstić information content (AvgIpc) is 2.43. The Morgan fingerprint density at radius 1 is 1.05 bits per heavy atom. The van der Waals surface area contributed by atoms with E-state index < -0.39 is 0 Å². The summed E-state index contributed by atoms with van der Waals surface area (Å²) in [5, 5.41) is 2.75. The van der Waals surface area contributed by atoms with E-state index >= 15 is 0 Å². The van der Waals surface area contributed by atoms with Gasteiger partial charge in [-0.3, -0.25) is 0 Å². The Morgan fingerprint density at radius 2 is 1.89 bits per heavy atom. The minimum Gasteiger partial charge on any atom is -0.302 e. The van der Waals surface area contributed by atoms with Gasteiger partial charge in [0.1, 0.15) is 0 Å². The first-order chi connectivity index (χ1) is 9.15. The lowest BCUT2D eigenvalue weighted by atomic mass is 9.94. The van der Waals surface area contributed by atoms with Crippen molar-refractivity contribution in [3.05, 3.63) is 53.1 Å². The van der Waals surface area contributed by atoms with Gasteiger partial charge in [-0.25, -0.2) is 0 Å². The van der Waals surface area contributed by atoms with E-state index in [-0.39, 0.29) is 0 Å². The molecule has 2 aromatic rings. The molecule has 0 N–H and O–H groups in total. The van der Waals surface area contributed by atoms with Crippen LogP contribution in [0.1, 0.15) is 23.1 Å². The number of hydrogen-bond donors (Lipinski definition) is 0. The van der Waals surface area contributed by atoms with Crippen molar-refractivity contribution < 1.29 is 0 Å². The first kappa shape index (κ1) is 12.4. The first-order valence-electron chi connectivity index (χ1n) is 7.03. The van der Waals surface area contributed by atoms with Gasteiger partial charge in [0, 0.05) is 13.1 Å². The third kappa shape index (κ3) is 2.31. The van der Waals surface area contributed by atoms with Crippen LogP contribution >= 0.6 is 0 Å². The number of fused-ring (bicyclic) bond motifs is 1. The average molecular weight is 251 g/mol. The van der Waals surface area contributed by atoms with Gasteiger partial charge in [0.25, 0.3) is 0 Å². The Hall–Kier alpha value is -1.60. The summed E-state index contributed by atoms with van der Waals surface area (Å²) in [6.45, 7) is 6.63. The summed E-state index contributed by atoms with van der Waals surface area (Å²) in [5.41, 5.74) is 5.67. The Kier molecular flexibility index (Phi) is 3.16. The van der Waals surface area contributed by atoms with Gasteiger partial charge < -0.3 is 4.90 Å². The van der Waals surface area contributed by atoms with Crippen LogP contribution in [0, 0.1) is 13.8 Å². The minimum atomic E-state index is 1.07. The minimum absolute atomic E-state index is 1.07. The molecule has 0 aliphatic carbocycles. The molecule has 2 aromatic carbocycles. The molecule has 19 heavy (non-hydrogen) atoms. The fourth-order valence-corrected chi connectivity index (χ4v) is 2.83. The Morgan fingerprint density at radius 3 is 2.63 bits per heavy atom. The van der Waals surface area contributed by atoms with Crippen molar-refractivity contribution in [1.29, 1.82) is 0 Å². The molecule has 0 bridgehead atoms. The lowest BCUT2D eigenvalue weighted by molar-refractivity contribution is 0.370. The molecule has 1 heteroatoms. The number of likely N-dealkylation sites (N-methyl/N-ethyl adjacent to an activating group) is 1. The van der Waals surface area contributed by atoms with E-state index in [1.54, 1.807) is 0 Å². The zero-order valence-corrected chi connectivity index (χ0v) is 12.0. The van der Waals surface area contributed by atoms with Crippen molar-refractivity contribution in [2.75, 3.05) is 20.1 Å². The van der Waals surface area contributed by atoms with E-state index in [4.69, 9.17) is 0 Å². The maximum absolute atomic E-state index is 2.37. The molecule has 1 nitrogen and oxygen atoms in total. The standard InChI is InChI=1S/C18H21N/c1-13-4-5-17-12-16(6-7-18(17)14(13)2)15-8-10-19(3)11-9-15/h4-8,12H,9-11H2,1-3H3. The normalized spacial score (nSPS) is 16.7. The lowest BCUT2D eigenvalue weighted by Crippen LogP contribution is -2.23. The third-order valence-electron chi connectivity index (χ3n) is 4.34. The van der Waals surface area contributed by atoms with Crippen LogP contribution in [-0.2, 0) is 0 Å². The quantitative estimate of drug-likeness (QED) is 0.735. The molecule has 0 atom stereocenters. The smallest absolute Gasteiger partial charge is 0.0166 e. The highest BCUT2D eigenvalue weighted by molar-refractivity contribution is 5.89. The van der Waals surface area contributed by atoms with Crippen molar-refractivity contribution in [2.45, 2.75) is 20.3 Å². The summed E-state index contributed by atoms with van der Waals surface area (Å²) in [6, 6.07) is 11.4. The largest absolute Gasteiger partial charge is 0.302 e. The maximum Gasteiger partial charge on any atom is 0.0166 e. The third-order valence-corrected chi connectivity index (χ3v) is 4.34. The summed E-state index contributed by atoms with van der Waals surface area (Å²) in [7, 11) is 2.18. The highest BCUT2D eigenvalue weighted by Gasteiger charge is 2.10. The molecule has 0 saturated carbocycles. The highest BCUT2D eigenvalue weighted by atomic mass is 15.1. The predicted octanol–water partition coefficient (Wildman–Crippen LogP) is 4.18. The molecule has 0 saturated heterocycles. The molecule has 0 spiro atoms. The molecular weight excluding hydrogens is 230 g/mol. The molecule has 0 radical (unpaired) electrons. The molecule has 0 fully saturated rings. The molecular formula is C18H21N. The Bertz CT molecular complexity index is 652. The van der Waals surface area contributed by atoms with E-state index in [0.29, 0.717) is 0 Å². The number of aryl methyl sites for hydroxylation is 2. The molecule has 98 valence electrons. The van der Waals surface area contributed by atoms with Gasteiger partial charge in [-0.2, -0.15) is 0 Å². The summed E-state index contributed by atoms with van der Waals surface area (Å²) in [4.78, 5) is 2.36. The van der Waals surface area contributed by atoms with Gasteiger partial charge in [-0.05, 0) is 66.4 Å². The molecule has 1 heterocycles. The SMILES string of the molecule is Cc1ccc2cc(C3=CCN(C)CC3)ccc2c1C. The topological polar surface area (TPSA) is 3.24 Å². The molecule has 1 aliphatic rings. The second kappa shape index (κ2) is 4.82. The summed E-state index contributed by atoms with van der Waals surface area (Å²) < 4.78 is 0. The Labute approximate surface area is 115 Å². The van der Waals surface area contributed by atoms with Gasteiger partial charge in [0.05, 0.1) is 0 Å². The second-order valence-electron chi connectivity index (χ2n) is 5.68. The van der Waals surface area contributed by atoms with Crippen LogP contribution in [0.25, 0.3) is 16.3 Å². The van der Waals surface area contributed by atoms with E-state index in [1.807, 2.05) is 0 Å². The summed E-state index contributed by atoms with van der Waals surface area (Å²) in [6.07, 6.45) is 3.53. The number of hydrogen-bond acceptors (Lipinski definition) is 1. The van der Waals surface area contributed by atoms with Crippen molar-refractivity contribution in [2.24, 2.45) is 0 Å². The molecule has 0 aromatic heterocycles. The number of rotatable bonds is 1. The van der Waals surface area contributed by atoms with E-state index in [9.17, 15) is 0 Å². The van der Waals surface area contributed by atoms with Crippen LogP contribution in [0.4, 0.5) is 0 Å². The maximum atomic E-state index is 2.37. The fraction of sp³-hybridized carbons (Fsp3) is 0.333. The van der Waals surface area contributed by atoms with Crippen molar-refractivity contribution in [3.8, 4) is 0 Å².